The van der Waals surface area contributed by atoms with Gasteiger partial charge in [-0.05, 0) is 36.1 Å². The van der Waals surface area contributed by atoms with E-state index in [9.17, 15) is 13.2 Å². The van der Waals surface area contributed by atoms with Crippen molar-refractivity contribution in [2.75, 3.05) is 17.0 Å². The lowest BCUT2D eigenvalue weighted by atomic mass is 9.98. The fourth-order valence-electron chi connectivity index (χ4n) is 2.67. The highest BCUT2D eigenvalue weighted by molar-refractivity contribution is 7.92. The van der Waals surface area contributed by atoms with Gasteiger partial charge in [-0.15, -0.1) is 0 Å². The summed E-state index contributed by atoms with van der Waals surface area (Å²) in [5.41, 5.74) is 2.79. The monoisotopic (exact) mass is 324 g/mol. The predicted molar refractivity (Wildman–Crippen MR) is 88.1 cm³/mol. The maximum Gasteiger partial charge on any atom is 0.232 e. The van der Waals surface area contributed by atoms with Gasteiger partial charge in [-0.25, -0.2) is 8.42 Å². The predicted octanol–water partition coefficient (Wildman–Crippen LogP) is 2.38. The molecular weight excluding hydrogens is 300 g/mol. The summed E-state index contributed by atoms with van der Waals surface area (Å²) in [7, 11) is -3.29. The molecule has 0 spiro atoms. The van der Waals surface area contributed by atoms with Crippen LogP contribution in [0.2, 0.25) is 0 Å². The van der Waals surface area contributed by atoms with Crippen LogP contribution in [0.5, 0.6) is 0 Å². The van der Waals surface area contributed by atoms with Crippen LogP contribution in [0, 0.1) is 5.92 Å². The number of carbonyl (C=O) groups excluding carboxylic acids is 1. The van der Waals surface area contributed by atoms with Crippen LogP contribution in [0.1, 0.15) is 38.3 Å². The highest BCUT2D eigenvalue weighted by atomic mass is 32.2. The van der Waals surface area contributed by atoms with E-state index in [2.05, 4.69) is 4.72 Å². The quantitative estimate of drug-likeness (QED) is 0.904. The first-order valence-electron chi connectivity index (χ1n) is 7.73. The molecule has 0 saturated heterocycles. The third kappa shape index (κ3) is 4.00. The van der Waals surface area contributed by atoms with Gasteiger partial charge < -0.3 is 4.90 Å². The van der Waals surface area contributed by atoms with Crippen molar-refractivity contribution < 1.29 is 13.2 Å². The van der Waals surface area contributed by atoms with Crippen molar-refractivity contribution in [2.24, 2.45) is 5.92 Å². The molecule has 6 heteroatoms. The number of hydrogen-bond acceptors (Lipinski definition) is 3. The van der Waals surface area contributed by atoms with Crippen LogP contribution in [-0.2, 0) is 27.8 Å². The molecule has 1 heterocycles. The second-order valence-corrected chi connectivity index (χ2v) is 7.91. The molecule has 0 fully saturated rings. The number of anilines is 1. The molecule has 0 bridgehead atoms. The van der Waals surface area contributed by atoms with E-state index in [4.69, 9.17) is 0 Å². The van der Waals surface area contributed by atoms with E-state index in [1.165, 1.54) is 5.56 Å². The molecule has 122 valence electrons. The van der Waals surface area contributed by atoms with Gasteiger partial charge in [-0.1, -0.05) is 26.8 Å². The number of sulfonamides is 1. The largest absolute Gasteiger partial charge is 0.338 e. The van der Waals surface area contributed by atoms with Gasteiger partial charge in [0.05, 0.1) is 5.75 Å². The van der Waals surface area contributed by atoms with E-state index in [0.29, 0.717) is 18.7 Å². The fraction of sp³-hybridized carbons (Fsp3) is 0.562. The lowest BCUT2D eigenvalue weighted by molar-refractivity contribution is -0.135. The van der Waals surface area contributed by atoms with Crippen molar-refractivity contribution in [3.63, 3.8) is 0 Å². The molecule has 0 atom stereocenters. The Morgan fingerprint density at radius 1 is 1.32 bits per heavy atom. The van der Waals surface area contributed by atoms with Crippen LogP contribution in [0.3, 0.4) is 0 Å². The summed E-state index contributed by atoms with van der Waals surface area (Å²) < 4.78 is 26.3. The first kappa shape index (κ1) is 16.8. The van der Waals surface area contributed by atoms with Gasteiger partial charge in [0.25, 0.3) is 0 Å². The number of amides is 1. The summed E-state index contributed by atoms with van der Waals surface area (Å²) in [5.74, 6) is 0.234. The molecule has 1 aromatic rings. The molecule has 1 aliphatic rings. The average molecular weight is 324 g/mol. The van der Waals surface area contributed by atoms with Gasteiger partial charge in [0, 0.05) is 24.7 Å². The van der Waals surface area contributed by atoms with Crippen LogP contribution in [0.4, 0.5) is 5.69 Å². The molecule has 0 radical (unpaired) electrons. The lowest BCUT2D eigenvalue weighted by Crippen LogP contribution is -2.38. The maximum atomic E-state index is 12.1. The number of rotatable bonds is 5. The zero-order valence-electron chi connectivity index (χ0n) is 13.4. The molecular formula is C16H24N2O3S. The number of hydrogen-bond donors (Lipinski definition) is 1. The molecule has 1 aliphatic heterocycles. The molecule has 5 nitrogen and oxygen atoms in total. The SMILES string of the molecule is CCCS(=O)(=O)Nc1ccc2c(c1)CN(C(=O)C(C)C)CC2. The zero-order valence-corrected chi connectivity index (χ0v) is 14.2. The second-order valence-electron chi connectivity index (χ2n) is 6.07. The molecule has 1 aromatic carbocycles. The smallest absolute Gasteiger partial charge is 0.232 e. The molecule has 0 aromatic heterocycles. The summed E-state index contributed by atoms with van der Waals surface area (Å²) in [6.07, 6.45) is 1.40. The van der Waals surface area contributed by atoms with E-state index in [0.717, 1.165) is 18.5 Å². The molecule has 0 saturated carbocycles. The van der Waals surface area contributed by atoms with E-state index < -0.39 is 10.0 Å². The number of benzene rings is 1. The Hall–Kier alpha value is -1.56. The van der Waals surface area contributed by atoms with Gasteiger partial charge >= 0.3 is 0 Å². The second kappa shape index (κ2) is 6.69. The average Bonchev–Trinajstić information content (AvgIpc) is 2.45. The summed E-state index contributed by atoms with van der Waals surface area (Å²) >= 11 is 0. The van der Waals surface area contributed by atoms with Gasteiger partial charge in [0.2, 0.25) is 15.9 Å². The summed E-state index contributed by atoms with van der Waals surface area (Å²) in [6, 6.07) is 5.60. The Morgan fingerprint density at radius 2 is 2.05 bits per heavy atom. The normalized spacial score (nSPS) is 14.8. The molecule has 0 aliphatic carbocycles. The number of fused-ring (bicyclic) bond motifs is 1. The van der Waals surface area contributed by atoms with Crippen molar-refractivity contribution in [2.45, 2.75) is 40.2 Å². The number of nitrogens with zero attached hydrogens (tertiary/aromatic N) is 1. The molecule has 1 amide bonds. The van der Waals surface area contributed by atoms with Crippen molar-refractivity contribution in [1.29, 1.82) is 0 Å². The third-order valence-electron chi connectivity index (χ3n) is 3.77. The Morgan fingerprint density at radius 3 is 2.68 bits per heavy atom. The summed E-state index contributed by atoms with van der Waals surface area (Å²) in [4.78, 5) is 14.0. The van der Waals surface area contributed by atoms with Crippen molar-refractivity contribution >= 4 is 21.6 Å². The topological polar surface area (TPSA) is 66.5 Å². The van der Waals surface area contributed by atoms with Gasteiger partial charge in [-0.3, -0.25) is 9.52 Å². The first-order valence-corrected chi connectivity index (χ1v) is 9.38. The Balaban J connectivity index is 2.17. The third-order valence-corrected chi connectivity index (χ3v) is 5.26. The molecule has 2 rings (SSSR count). The maximum absolute atomic E-state index is 12.1. The molecule has 1 N–H and O–H groups in total. The highest BCUT2D eigenvalue weighted by Gasteiger charge is 2.23. The first-order chi connectivity index (χ1) is 10.3. The van der Waals surface area contributed by atoms with E-state index in [1.807, 2.05) is 37.8 Å². The molecule has 22 heavy (non-hydrogen) atoms. The van der Waals surface area contributed by atoms with Crippen LogP contribution >= 0.6 is 0 Å². The Kier molecular flexibility index (Phi) is 5.11. The van der Waals surface area contributed by atoms with Crippen molar-refractivity contribution in [3.8, 4) is 0 Å². The van der Waals surface area contributed by atoms with E-state index in [-0.39, 0.29) is 17.6 Å². The van der Waals surface area contributed by atoms with Crippen LogP contribution in [0.25, 0.3) is 0 Å². The van der Waals surface area contributed by atoms with Gasteiger partial charge in [0.15, 0.2) is 0 Å². The number of carbonyl (C=O) groups is 1. The van der Waals surface area contributed by atoms with Gasteiger partial charge in [-0.2, -0.15) is 0 Å². The van der Waals surface area contributed by atoms with Crippen molar-refractivity contribution in [1.82, 2.24) is 4.90 Å². The standard InChI is InChI=1S/C16H24N2O3S/c1-4-9-22(20,21)17-15-6-5-13-7-8-18(11-14(13)10-15)16(19)12(2)3/h5-6,10,12,17H,4,7-9,11H2,1-3H3. The molecule has 0 unspecified atom stereocenters. The van der Waals surface area contributed by atoms with Crippen LogP contribution < -0.4 is 4.72 Å². The fourth-order valence-corrected chi connectivity index (χ4v) is 3.80. The van der Waals surface area contributed by atoms with Crippen LogP contribution in [-0.4, -0.2) is 31.5 Å². The van der Waals surface area contributed by atoms with E-state index in [1.54, 1.807) is 6.07 Å². The number of nitrogens with one attached hydrogen (secondary N) is 1. The highest BCUT2D eigenvalue weighted by Crippen LogP contribution is 2.24. The van der Waals surface area contributed by atoms with Crippen molar-refractivity contribution in [3.05, 3.63) is 29.3 Å². The minimum Gasteiger partial charge on any atom is -0.338 e. The Labute approximate surface area is 132 Å². The lowest BCUT2D eigenvalue weighted by Gasteiger charge is -2.30. The minimum atomic E-state index is -3.29. The van der Waals surface area contributed by atoms with Crippen LogP contribution in [0.15, 0.2) is 18.2 Å². The zero-order chi connectivity index (χ0) is 16.3. The van der Waals surface area contributed by atoms with E-state index >= 15 is 0 Å². The van der Waals surface area contributed by atoms with Gasteiger partial charge in [0.1, 0.15) is 0 Å². The summed E-state index contributed by atoms with van der Waals surface area (Å²) in [5, 5.41) is 0. The summed E-state index contributed by atoms with van der Waals surface area (Å²) in [6.45, 7) is 6.91. The minimum absolute atomic E-state index is 0.0206. The Bertz CT molecular complexity index is 653.